The van der Waals surface area contributed by atoms with E-state index < -0.39 is 0 Å². The van der Waals surface area contributed by atoms with Crippen molar-refractivity contribution in [1.29, 1.82) is 0 Å². The van der Waals surface area contributed by atoms with Gasteiger partial charge in [0.15, 0.2) is 11.5 Å². The quantitative estimate of drug-likeness (QED) is 0.844. The van der Waals surface area contributed by atoms with Gasteiger partial charge in [-0.05, 0) is 32.0 Å². The summed E-state index contributed by atoms with van der Waals surface area (Å²) in [7, 11) is 1.67. The second-order valence-electron chi connectivity index (χ2n) is 4.23. The van der Waals surface area contributed by atoms with Crippen molar-refractivity contribution in [2.45, 2.75) is 19.4 Å². The lowest BCUT2D eigenvalue weighted by molar-refractivity contribution is 0.155. The summed E-state index contributed by atoms with van der Waals surface area (Å²) in [6.07, 6.45) is 1.42. The topological polar surface area (TPSA) is 30.5 Å². The van der Waals surface area contributed by atoms with Crippen LogP contribution in [-0.2, 0) is 0 Å². The summed E-state index contributed by atoms with van der Waals surface area (Å²) < 4.78 is 11.2. The number of methoxy groups -OCH3 is 1. The van der Waals surface area contributed by atoms with Crippen molar-refractivity contribution < 1.29 is 9.47 Å². The molecular weight excluding hydrogens is 202 g/mol. The van der Waals surface area contributed by atoms with Gasteiger partial charge in [-0.3, -0.25) is 0 Å². The van der Waals surface area contributed by atoms with Crippen molar-refractivity contribution in [2.24, 2.45) is 5.92 Å². The predicted molar refractivity (Wildman–Crippen MR) is 64.1 cm³/mol. The first-order chi connectivity index (χ1) is 7.81. The normalized spacial score (nSPS) is 21.8. The van der Waals surface area contributed by atoms with Crippen LogP contribution in [0.25, 0.3) is 0 Å². The van der Waals surface area contributed by atoms with E-state index >= 15 is 0 Å². The Morgan fingerprint density at radius 1 is 1.31 bits per heavy atom. The highest BCUT2D eigenvalue weighted by Gasteiger charge is 2.23. The minimum atomic E-state index is 0.228. The van der Waals surface area contributed by atoms with Crippen LogP contribution < -0.4 is 14.8 Å². The molecule has 3 heteroatoms. The molecule has 1 saturated heterocycles. The average Bonchev–Trinajstić information content (AvgIpc) is 2.83. The Morgan fingerprint density at radius 3 is 2.69 bits per heavy atom. The summed E-state index contributed by atoms with van der Waals surface area (Å²) in [6, 6.07) is 7.80. The van der Waals surface area contributed by atoms with Gasteiger partial charge in [0, 0.05) is 12.5 Å². The molecule has 88 valence electrons. The van der Waals surface area contributed by atoms with Gasteiger partial charge >= 0.3 is 0 Å². The number of ether oxygens (including phenoxy) is 2. The second-order valence-corrected chi connectivity index (χ2v) is 4.23. The van der Waals surface area contributed by atoms with E-state index in [9.17, 15) is 0 Å². The third kappa shape index (κ3) is 2.47. The number of nitrogens with one attached hydrogen (secondary N) is 1. The number of hydrogen-bond acceptors (Lipinski definition) is 3. The Balaban J connectivity index is 2.01. The highest BCUT2D eigenvalue weighted by molar-refractivity contribution is 5.39. The van der Waals surface area contributed by atoms with Crippen LogP contribution in [0.5, 0.6) is 11.5 Å². The molecule has 0 amide bonds. The molecule has 2 unspecified atom stereocenters. The number of hydrogen-bond donors (Lipinski definition) is 1. The highest BCUT2D eigenvalue weighted by atomic mass is 16.5. The molecule has 16 heavy (non-hydrogen) atoms. The molecule has 0 radical (unpaired) electrons. The maximum atomic E-state index is 5.96. The smallest absolute Gasteiger partial charge is 0.161 e. The molecule has 1 aliphatic heterocycles. The summed E-state index contributed by atoms with van der Waals surface area (Å²) in [4.78, 5) is 0. The van der Waals surface area contributed by atoms with Crippen molar-refractivity contribution in [3.63, 3.8) is 0 Å². The molecule has 1 fully saturated rings. The van der Waals surface area contributed by atoms with Crippen LogP contribution >= 0.6 is 0 Å². The molecule has 2 rings (SSSR count). The Labute approximate surface area is 96.8 Å². The predicted octanol–water partition coefficient (Wildman–Crippen LogP) is 2.07. The zero-order valence-corrected chi connectivity index (χ0v) is 9.90. The lowest BCUT2D eigenvalue weighted by Crippen LogP contribution is -2.25. The summed E-state index contributed by atoms with van der Waals surface area (Å²) >= 11 is 0. The summed E-state index contributed by atoms with van der Waals surface area (Å²) in [5, 5.41) is 3.36. The molecule has 3 nitrogen and oxygen atoms in total. The van der Waals surface area contributed by atoms with E-state index in [0.717, 1.165) is 24.6 Å². The Morgan fingerprint density at radius 2 is 2.06 bits per heavy atom. The maximum absolute atomic E-state index is 5.96. The molecule has 0 spiro atoms. The maximum Gasteiger partial charge on any atom is 0.161 e. The molecule has 1 aliphatic rings. The Kier molecular flexibility index (Phi) is 3.67. The van der Waals surface area contributed by atoms with E-state index in [4.69, 9.17) is 9.47 Å². The molecule has 1 aromatic rings. The van der Waals surface area contributed by atoms with Crippen molar-refractivity contribution in [2.75, 3.05) is 20.2 Å². The van der Waals surface area contributed by atoms with E-state index in [1.165, 1.54) is 6.42 Å². The first-order valence-corrected chi connectivity index (χ1v) is 5.81. The van der Waals surface area contributed by atoms with Gasteiger partial charge in [-0.1, -0.05) is 12.1 Å². The lowest BCUT2D eigenvalue weighted by Gasteiger charge is -2.21. The minimum Gasteiger partial charge on any atom is -0.493 e. The summed E-state index contributed by atoms with van der Waals surface area (Å²) in [6.45, 7) is 4.28. The number of benzene rings is 1. The van der Waals surface area contributed by atoms with Gasteiger partial charge in [-0.15, -0.1) is 0 Å². The lowest BCUT2D eigenvalue weighted by atomic mass is 10.0. The summed E-state index contributed by atoms with van der Waals surface area (Å²) in [5.74, 6) is 2.25. The monoisotopic (exact) mass is 221 g/mol. The van der Waals surface area contributed by atoms with Crippen LogP contribution in [0, 0.1) is 5.92 Å². The molecule has 1 aromatic carbocycles. The zero-order chi connectivity index (χ0) is 11.4. The van der Waals surface area contributed by atoms with Crippen LogP contribution in [0.2, 0.25) is 0 Å². The van der Waals surface area contributed by atoms with Crippen LogP contribution in [0.4, 0.5) is 0 Å². The van der Waals surface area contributed by atoms with Crippen molar-refractivity contribution >= 4 is 0 Å². The average molecular weight is 221 g/mol. The fraction of sp³-hybridized carbons (Fsp3) is 0.538. The molecular formula is C13H19NO2. The first-order valence-electron chi connectivity index (χ1n) is 5.81. The van der Waals surface area contributed by atoms with Crippen molar-refractivity contribution in [3.8, 4) is 11.5 Å². The second kappa shape index (κ2) is 5.21. The van der Waals surface area contributed by atoms with E-state index in [1.54, 1.807) is 7.11 Å². The fourth-order valence-corrected chi connectivity index (χ4v) is 2.09. The first kappa shape index (κ1) is 11.3. The van der Waals surface area contributed by atoms with E-state index in [-0.39, 0.29) is 6.10 Å². The van der Waals surface area contributed by atoms with Gasteiger partial charge in [-0.2, -0.15) is 0 Å². The van der Waals surface area contributed by atoms with Crippen molar-refractivity contribution in [1.82, 2.24) is 5.32 Å². The molecule has 0 bridgehead atoms. The number of rotatable bonds is 4. The third-order valence-corrected chi connectivity index (χ3v) is 3.14. The minimum absolute atomic E-state index is 0.228. The Hall–Kier alpha value is -1.22. The fourth-order valence-electron chi connectivity index (χ4n) is 2.09. The number of para-hydroxylation sites is 2. The van der Waals surface area contributed by atoms with E-state index in [1.807, 2.05) is 24.3 Å². The van der Waals surface area contributed by atoms with Crippen LogP contribution in [-0.4, -0.2) is 26.3 Å². The standard InChI is InChI=1S/C13H19NO2/c1-10(11-7-8-14-9-11)16-13-6-4-3-5-12(13)15-2/h3-6,10-11,14H,7-9H2,1-2H3. The zero-order valence-electron chi connectivity index (χ0n) is 9.90. The summed E-state index contributed by atoms with van der Waals surface area (Å²) in [5.41, 5.74) is 0. The van der Waals surface area contributed by atoms with Gasteiger partial charge in [0.2, 0.25) is 0 Å². The van der Waals surface area contributed by atoms with Crippen LogP contribution in [0.15, 0.2) is 24.3 Å². The van der Waals surface area contributed by atoms with E-state index in [0.29, 0.717) is 5.92 Å². The van der Waals surface area contributed by atoms with Crippen LogP contribution in [0.1, 0.15) is 13.3 Å². The largest absolute Gasteiger partial charge is 0.493 e. The van der Waals surface area contributed by atoms with Crippen molar-refractivity contribution in [3.05, 3.63) is 24.3 Å². The molecule has 2 atom stereocenters. The van der Waals surface area contributed by atoms with Gasteiger partial charge in [0.25, 0.3) is 0 Å². The molecule has 1 heterocycles. The van der Waals surface area contributed by atoms with Gasteiger partial charge in [-0.25, -0.2) is 0 Å². The molecule has 0 aromatic heterocycles. The van der Waals surface area contributed by atoms with Gasteiger partial charge in [0.1, 0.15) is 6.10 Å². The highest BCUT2D eigenvalue weighted by Crippen LogP contribution is 2.28. The molecule has 1 N–H and O–H groups in total. The Bertz CT molecular complexity index is 334. The third-order valence-electron chi connectivity index (χ3n) is 3.14. The van der Waals surface area contributed by atoms with E-state index in [2.05, 4.69) is 12.2 Å². The SMILES string of the molecule is COc1ccccc1OC(C)C1CCNC1. The molecule has 0 saturated carbocycles. The molecule has 0 aliphatic carbocycles. The van der Waals surface area contributed by atoms with Gasteiger partial charge < -0.3 is 14.8 Å². The van der Waals surface area contributed by atoms with Crippen LogP contribution in [0.3, 0.4) is 0 Å². The van der Waals surface area contributed by atoms with Gasteiger partial charge in [0.05, 0.1) is 7.11 Å².